The molecule has 1 atom stereocenters. The molecule has 0 bridgehead atoms. The molecule has 0 fully saturated rings. The normalized spacial score (nSPS) is 12.5. The first-order valence-corrected chi connectivity index (χ1v) is 5.60. The van der Waals surface area contributed by atoms with Gasteiger partial charge in [-0.25, -0.2) is 4.79 Å². The van der Waals surface area contributed by atoms with E-state index in [4.69, 9.17) is 16.7 Å². The summed E-state index contributed by atoms with van der Waals surface area (Å²) in [5.41, 5.74) is 1.20. The largest absolute Gasteiger partial charge is 0.478 e. The molecular formula is C11H13ClO2S. The first-order chi connectivity index (χ1) is 7.00. The molecule has 15 heavy (non-hydrogen) atoms. The van der Waals surface area contributed by atoms with Gasteiger partial charge in [0, 0.05) is 5.02 Å². The molecule has 1 rings (SSSR count). The molecule has 4 heteroatoms. The van der Waals surface area contributed by atoms with Crippen LogP contribution in [0.1, 0.15) is 29.3 Å². The number of hydrogen-bond donors (Lipinski definition) is 2. The minimum absolute atomic E-state index is 0.225. The summed E-state index contributed by atoms with van der Waals surface area (Å²) in [4.78, 5) is 10.7. The Labute approximate surface area is 99.7 Å². The smallest absolute Gasteiger partial charge is 0.335 e. The molecule has 1 unspecified atom stereocenters. The van der Waals surface area contributed by atoms with Crippen LogP contribution in [0.25, 0.3) is 0 Å². The number of thiol groups is 1. The third-order valence-corrected chi connectivity index (χ3v) is 2.74. The molecule has 0 radical (unpaired) electrons. The Morgan fingerprint density at radius 2 is 2.27 bits per heavy atom. The van der Waals surface area contributed by atoms with Crippen molar-refractivity contribution >= 4 is 30.2 Å². The standard InChI is InChI=1S/C11H13ClO2S/c1-7(15)2-3-8-4-5-9(11(13)14)6-10(8)12/h4-7,15H,2-3H2,1H3,(H,13,14). The van der Waals surface area contributed by atoms with Crippen LogP contribution in [0, 0.1) is 0 Å². The summed E-state index contributed by atoms with van der Waals surface area (Å²) in [7, 11) is 0. The Balaban J connectivity index is 2.79. The molecule has 0 heterocycles. The number of aromatic carboxylic acids is 1. The summed E-state index contributed by atoms with van der Waals surface area (Å²) >= 11 is 10.2. The van der Waals surface area contributed by atoms with E-state index in [2.05, 4.69) is 12.6 Å². The van der Waals surface area contributed by atoms with Gasteiger partial charge >= 0.3 is 5.97 Å². The van der Waals surface area contributed by atoms with Gasteiger partial charge in [0.2, 0.25) is 0 Å². The highest BCUT2D eigenvalue weighted by Crippen LogP contribution is 2.20. The fourth-order valence-electron chi connectivity index (χ4n) is 1.25. The third-order valence-electron chi connectivity index (χ3n) is 2.13. The summed E-state index contributed by atoms with van der Waals surface area (Å²) in [5, 5.41) is 9.58. The van der Waals surface area contributed by atoms with Crippen molar-refractivity contribution in [1.29, 1.82) is 0 Å². The molecule has 0 aromatic heterocycles. The molecule has 0 saturated heterocycles. The lowest BCUT2D eigenvalue weighted by Gasteiger charge is -2.06. The zero-order chi connectivity index (χ0) is 11.4. The number of carbonyl (C=O) groups is 1. The van der Waals surface area contributed by atoms with Gasteiger partial charge in [-0.2, -0.15) is 12.6 Å². The summed E-state index contributed by atoms with van der Waals surface area (Å²) in [6.45, 7) is 2.02. The van der Waals surface area contributed by atoms with Gasteiger partial charge in [-0.15, -0.1) is 0 Å². The highest BCUT2D eigenvalue weighted by molar-refractivity contribution is 7.80. The number of carboxylic acid groups (broad SMARTS) is 1. The van der Waals surface area contributed by atoms with Crippen LogP contribution in [0.15, 0.2) is 18.2 Å². The van der Waals surface area contributed by atoms with Crippen LogP contribution in [-0.2, 0) is 6.42 Å². The van der Waals surface area contributed by atoms with Gasteiger partial charge < -0.3 is 5.11 Å². The fourth-order valence-corrected chi connectivity index (χ4v) is 1.65. The van der Waals surface area contributed by atoms with Crippen molar-refractivity contribution < 1.29 is 9.90 Å². The highest BCUT2D eigenvalue weighted by Gasteiger charge is 2.07. The molecule has 1 aromatic rings. The van der Waals surface area contributed by atoms with Gasteiger partial charge in [0.1, 0.15) is 0 Å². The van der Waals surface area contributed by atoms with Gasteiger partial charge in [-0.3, -0.25) is 0 Å². The summed E-state index contributed by atoms with van der Waals surface area (Å²) < 4.78 is 0. The van der Waals surface area contributed by atoms with E-state index in [1.54, 1.807) is 12.1 Å². The molecule has 2 nitrogen and oxygen atoms in total. The van der Waals surface area contributed by atoms with Gasteiger partial charge in [0.05, 0.1) is 5.56 Å². The Hall–Kier alpha value is -0.670. The first kappa shape index (κ1) is 12.4. The number of carboxylic acids is 1. The van der Waals surface area contributed by atoms with Gasteiger partial charge in [0.15, 0.2) is 0 Å². The van der Waals surface area contributed by atoms with Crippen molar-refractivity contribution in [2.75, 3.05) is 0 Å². The highest BCUT2D eigenvalue weighted by atomic mass is 35.5. The molecule has 1 aromatic carbocycles. The summed E-state index contributed by atoms with van der Waals surface area (Å²) in [6, 6.07) is 4.83. The second kappa shape index (κ2) is 5.42. The maximum atomic E-state index is 10.7. The third kappa shape index (κ3) is 3.76. The lowest BCUT2D eigenvalue weighted by atomic mass is 10.1. The molecular weight excluding hydrogens is 232 g/mol. The monoisotopic (exact) mass is 244 g/mol. The maximum absolute atomic E-state index is 10.7. The average molecular weight is 245 g/mol. The van der Waals surface area contributed by atoms with Gasteiger partial charge in [0.25, 0.3) is 0 Å². The SMILES string of the molecule is CC(S)CCc1ccc(C(=O)O)cc1Cl. The predicted octanol–water partition coefficient (Wildman–Crippen LogP) is 3.29. The summed E-state index contributed by atoms with van der Waals surface area (Å²) in [6.07, 6.45) is 1.75. The van der Waals surface area contributed by atoms with Crippen LogP contribution in [0.4, 0.5) is 0 Å². The van der Waals surface area contributed by atoms with E-state index in [9.17, 15) is 4.79 Å². The van der Waals surface area contributed by atoms with Crippen LogP contribution in [-0.4, -0.2) is 16.3 Å². The number of hydrogen-bond acceptors (Lipinski definition) is 2. The quantitative estimate of drug-likeness (QED) is 0.798. The van der Waals surface area contributed by atoms with E-state index in [1.807, 2.05) is 6.92 Å². The van der Waals surface area contributed by atoms with E-state index in [0.717, 1.165) is 18.4 Å². The fraction of sp³-hybridized carbons (Fsp3) is 0.364. The lowest BCUT2D eigenvalue weighted by molar-refractivity contribution is 0.0697. The van der Waals surface area contributed by atoms with Crippen LogP contribution < -0.4 is 0 Å². The molecule has 0 aliphatic heterocycles. The Morgan fingerprint density at radius 1 is 1.60 bits per heavy atom. The lowest BCUT2D eigenvalue weighted by Crippen LogP contribution is -1.99. The van der Waals surface area contributed by atoms with E-state index < -0.39 is 5.97 Å². The Kier molecular flexibility index (Phi) is 4.48. The van der Waals surface area contributed by atoms with Gasteiger partial charge in [-0.05, 0) is 35.8 Å². The topological polar surface area (TPSA) is 37.3 Å². The van der Waals surface area contributed by atoms with E-state index >= 15 is 0 Å². The molecule has 0 aliphatic rings. The number of halogens is 1. The number of benzene rings is 1. The van der Waals surface area contributed by atoms with Crippen molar-refractivity contribution in [3.63, 3.8) is 0 Å². The van der Waals surface area contributed by atoms with E-state index in [-0.39, 0.29) is 5.56 Å². The Bertz CT molecular complexity index is 364. The molecule has 1 N–H and O–H groups in total. The molecule has 0 saturated carbocycles. The Morgan fingerprint density at radius 3 is 2.73 bits per heavy atom. The molecule has 82 valence electrons. The molecule has 0 amide bonds. The molecule has 0 aliphatic carbocycles. The zero-order valence-corrected chi connectivity index (χ0v) is 10.1. The van der Waals surface area contributed by atoms with E-state index in [0.29, 0.717) is 10.3 Å². The zero-order valence-electron chi connectivity index (χ0n) is 8.40. The average Bonchev–Trinajstić information content (AvgIpc) is 2.15. The predicted molar refractivity (Wildman–Crippen MR) is 65.2 cm³/mol. The van der Waals surface area contributed by atoms with Crippen LogP contribution in [0.5, 0.6) is 0 Å². The number of aryl methyl sites for hydroxylation is 1. The minimum Gasteiger partial charge on any atom is -0.478 e. The second-order valence-corrected chi connectivity index (χ2v) is 4.79. The van der Waals surface area contributed by atoms with Crippen molar-refractivity contribution in [2.45, 2.75) is 25.0 Å². The summed E-state index contributed by atoms with van der Waals surface area (Å²) in [5.74, 6) is -0.953. The van der Waals surface area contributed by atoms with Gasteiger partial charge in [-0.1, -0.05) is 24.6 Å². The van der Waals surface area contributed by atoms with Crippen LogP contribution in [0.2, 0.25) is 5.02 Å². The van der Waals surface area contributed by atoms with Crippen molar-refractivity contribution in [3.05, 3.63) is 34.3 Å². The van der Waals surface area contributed by atoms with Crippen molar-refractivity contribution in [1.82, 2.24) is 0 Å². The minimum atomic E-state index is -0.953. The van der Waals surface area contributed by atoms with Crippen molar-refractivity contribution in [2.24, 2.45) is 0 Å². The molecule has 0 spiro atoms. The second-order valence-electron chi connectivity index (χ2n) is 3.50. The maximum Gasteiger partial charge on any atom is 0.335 e. The number of rotatable bonds is 4. The van der Waals surface area contributed by atoms with Crippen molar-refractivity contribution in [3.8, 4) is 0 Å². The van der Waals surface area contributed by atoms with Crippen LogP contribution >= 0.6 is 24.2 Å². The van der Waals surface area contributed by atoms with Crippen LogP contribution in [0.3, 0.4) is 0 Å². The first-order valence-electron chi connectivity index (χ1n) is 4.70. The van der Waals surface area contributed by atoms with E-state index in [1.165, 1.54) is 6.07 Å².